The molecule has 1 aliphatic heterocycles. The van der Waals surface area contributed by atoms with Crippen molar-refractivity contribution in [3.05, 3.63) is 24.0 Å². The van der Waals surface area contributed by atoms with E-state index >= 15 is 0 Å². The summed E-state index contributed by atoms with van der Waals surface area (Å²) in [7, 11) is 0. The minimum Gasteiger partial charge on any atom is -0.488 e. The van der Waals surface area contributed by atoms with E-state index in [2.05, 4.69) is 0 Å². The number of alkyl halides is 3. The highest BCUT2D eigenvalue weighted by atomic mass is 19.4. The van der Waals surface area contributed by atoms with E-state index in [0.717, 1.165) is 6.07 Å². The van der Waals surface area contributed by atoms with Gasteiger partial charge in [0.2, 0.25) is 5.91 Å². The van der Waals surface area contributed by atoms with Crippen LogP contribution in [0.15, 0.2) is 18.2 Å². The van der Waals surface area contributed by atoms with Gasteiger partial charge in [0.15, 0.2) is 5.82 Å². The third-order valence-electron chi connectivity index (χ3n) is 2.65. The van der Waals surface area contributed by atoms with Crippen molar-refractivity contribution < 1.29 is 27.1 Å². The Bertz CT molecular complexity index is 501. The molecule has 0 fully saturated rings. The topological polar surface area (TPSA) is 29.5 Å². The molecule has 0 saturated carbocycles. The van der Waals surface area contributed by atoms with Crippen LogP contribution in [0.2, 0.25) is 0 Å². The highest BCUT2D eigenvalue weighted by molar-refractivity contribution is 5.96. The maximum absolute atomic E-state index is 13.7. The lowest BCUT2D eigenvalue weighted by atomic mass is 10.2. The van der Waals surface area contributed by atoms with Crippen molar-refractivity contribution in [2.75, 3.05) is 11.4 Å². The van der Waals surface area contributed by atoms with Gasteiger partial charge in [-0.05, 0) is 19.1 Å². The molecule has 0 N–H and O–H groups in total. The Kier molecular flexibility index (Phi) is 3.38. The Labute approximate surface area is 106 Å². The summed E-state index contributed by atoms with van der Waals surface area (Å²) in [4.78, 5) is 12.2. The molecule has 0 bridgehead atoms. The lowest BCUT2D eigenvalue weighted by molar-refractivity contribution is -0.132. The predicted molar refractivity (Wildman–Crippen MR) is 59.5 cm³/mol. The molecule has 0 aliphatic carbocycles. The van der Waals surface area contributed by atoms with Gasteiger partial charge in [-0.15, -0.1) is 0 Å². The van der Waals surface area contributed by atoms with Crippen LogP contribution in [0.25, 0.3) is 0 Å². The standard InChI is InChI=1S/C12H11F4NO2/c1-7-5-10(18)17(6-12(14,15)16)11-8(13)3-2-4-9(11)19-7/h2-4,7H,5-6H2,1H3. The molecule has 0 spiro atoms. The third kappa shape index (κ3) is 2.97. The maximum Gasteiger partial charge on any atom is 0.406 e. The van der Waals surface area contributed by atoms with Gasteiger partial charge in [0.1, 0.15) is 24.1 Å². The fourth-order valence-electron chi connectivity index (χ4n) is 1.94. The van der Waals surface area contributed by atoms with Crippen molar-refractivity contribution in [2.45, 2.75) is 25.6 Å². The average Bonchev–Trinajstić information content (AvgIpc) is 2.35. The van der Waals surface area contributed by atoms with E-state index in [1.807, 2.05) is 0 Å². The Morgan fingerprint density at radius 1 is 1.42 bits per heavy atom. The molecule has 0 aromatic heterocycles. The summed E-state index contributed by atoms with van der Waals surface area (Å²) in [5.41, 5.74) is -0.450. The van der Waals surface area contributed by atoms with Gasteiger partial charge in [-0.25, -0.2) is 4.39 Å². The summed E-state index contributed by atoms with van der Waals surface area (Å²) >= 11 is 0. The van der Waals surface area contributed by atoms with E-state index in [1.54, 1.807) is 6.92 Å². The molecule has 1 aromatic carbocycles. The second-order valence-electron chi connectivity index (χ2n) is 4.31. The lowest BCUT2D eigenvalue weighted by Gasteiger charge is -2.23. The zero-order chi connectivity index (χ0) is 14.2. The van der Waals surface area contributed by atoms with Crippen LogP contribution in [0.4, 0.5) is 23.2 Å². The van der Waals surface area contributed by atoms with Crippen LogP contribution in [0.1, 0.15) is 13.3 Å². The smallest absolute Gasteiger partial charge is 0.406 e. The minimum absolute atomic E-state index is 0.0531. The molecule has 104 valence electrons. The van der Waals surface area contributed by atoms with Crippen LogP contribution in [0.5, 0.6) is 5.75 Å². The van der Waals surface area contributed by atoms with Crippen LogP contribution in [-0.4, -0.2) is 24.7 Å². The summed E-state index contributed by atoms with van der Waals surface area (Å²) in [6.45, 7) is 0.0134. The van der Waals surface area contributed by atoms with Crippen molar-refractivity contribution in [2.24, 2.45) is 0 Å². The Morgan fingerprint density at radius 2 is 2.11 bits per heavy atom. The minimum atomic E-state index is -4.61. The number of fused-ring (bicyclic) bond motifs is 1. The summed E-state index contributed by atoms with van der Waals surface area (Å²) < 4.78 is 56.6. The molecule has 0 saturated heterocycles. The highest BCUT2D eigenvalue weighted by Gasteiger charge is 2.38. The molecule has 7 heteroatoms. The Hall–Kier alpha value is -1.79. The number of anilines is 1. The number of nitrogens with zero attached hydrogens (tertiary/aromatic N) is 1. The van der Waals surface area contributed by atoms with Crippen molar-refractivity contribution in [1.82, 2.24) is 0 Å². The number of hydrogen-bond donors (Lipinski definition) is 0. The monoisotopic (exact) mass is 277 g/mol. The number of rotatable bonds is 1. The van der Waals surface area contributed by atoms with E-state index in [1.165, 1.54) is 12.1 Å². The SMILES string of the molecule is CC1CC(=O)N(CC(F)(F)F)c2c(F)cccc2O1. The number of amides is 1. The van der Waals surface area contributed by atoms with Crippen LogP contribution in [-0.2, 0) is 4.79 Å². The van der Waals surface area contributed by atoms with Gasteiger partial charge >= 0.3 is 6.18 Å². The molecule has 1 unspecified atom stereocenters. The first-order valence-corrected chi connectivity index (χ1v) is 5.60. The van der Waals surface area contributed by atoms with Gasteiger partial charge < -0.3 is 4.74 Å². The molecule has 2 rings (SSSR count). The first kappa shape index (κ1) is 13.6. The number of halogens is 4. The fourth-order valence-corrected chi connectivity index (χ4v) is 1.94. The van der Waals surface area contributed by atoms with Gasteiger partial charge in [-0.2, -0.15) is 13.2 Å². The number of carbonyl (C=O) groups is 1. The summed E-state index contributed by atoms with van der Waals surface area (Å²) in [6.07, 6.45) is -5.45. The molecule has 1 amide bonds. The zero-order valence-corrected chi connectivity index (χ0v) is 10.00. The first-order valence-electron chi connectivity index (χ1n) is 5.60. The van der Waals surface area contributed by atoms with E-state index in [9.17, 15) is 22.4 Å². The molecule has 1 aliphatic rings. The number of para-hydroxylation sites is 1. The predicted octanol–water partition coefficient (Wildman–Crippen LogP) is 2.89. The van der Waals surface area contributed by atoms with E-state index in [0.29, 0.717) is 4.90 Å². The Morgan fingerprint density at radius 3 is 2.74 bits per heavy atom. The number of benzene rings is 1. The van der Waals surface area contributed by atoms with Gasteiger partial charge in [0.25, 0.3) is 0 Å². The molecule has 3 nitrogen and oxygen atoms in total. The second-order valence-corrected chi connectivity index (χ2v) is 4.31. The van der Waals surface area contributed by atoms with Gasteiger partial charge in [0.05, 0.1) is 6.42 Å². The largest absolute Gasteiger partial charge is 0.488 e. The third-order valence-corrected chi connectivity index (χ3v) is 2.65. The molecular formula is C12H11F4NO2. The van der Waals surface area contributed by atoms with Crippen LogP contribution < -0.4 is 9.64 Å². The molecule has 1 aromatic rings. The normalized spacial score (nSPS) is 19.7. The summed E-state index contributed by atoms with van der Waals surface area (Å²) in [5.74, 6) is -1.78. The van der Waals surface area contributed by atoms with Gasteiger partial charge in [0, 0.05) is 0 Å². The van der Waals surface area contributed by atoms with E-state index in [-0.39, 0.29) is 12.2 Å². The van der Waals surface area contributed by atoms with Gasteiger partial charge in [-0.3, -0.25) is 9.69 Å². The first-order chi connectivity index (χ1) is 8.78. The molecular weight excluding hydrogens is 266 g/mol. The number of carbonyl (C=O) groups excluding carboxylic acids is 1. The molecule has 1 atom stereocenters. The van der Waals surface area contributed by atoms with Crippen molar-refractivity contribution in [3.8, 4) is 5.75 Å². The number of ether oxygens (including phenoxy) is 1. The van der Waals surface area contributed by atoms with Crippen molar-refractivity contribution in [1.29, 1.82) is 0 Å². The van der Waals surface area contributed by atoms with Crippen molar-refractivity contribution >= 4 is 11.6 Å². The average molecular weight is 277 g/mol. The second kappa shape index (κ2) is 4.71. The van der Waals surface area contributed by atoms with E-state index in [4.69, 9.17) is 4.74 Å². The summed E-state index contributed by atoms with van der Waals surface area (Å²) in [6, 6.07) is 3.66. The van der Waals surface area contributed by atoms with Crippen LogP contribution in [0.3, 0.4) is 0 Å². The fraction of sp³-hybridized carbons (Fsp3) is 0.417. The van der Waals surface area contributed by atoms with Crippen molar-refractivity contribution in [3.63, 3.8) is 0 Å². The zero-order valence-electron chi connectivity index (χ0n) is 10.00. The maximum atomic E-state index is 13.7. The summed E-state index contributed by atoms with van der Waals surface area (Å²) in [5, 5.41) is 0. The van der Waals surface area contributed by atoms with Crippen LogP contribution >= 0.6 is 0 Å². The van der Waals surface area contributed by atoms with E-state index < -0.39 is 36.2 Å². The van der Waals surface area contributed by atoms with Gasteiger partial charge in [-0.1, -0.05) is 6.07 Å². The lowest BCUT2D eigenvalue weighted by Crippen LogP contribution is -2.39. The number of hydrogen-bond acceptors (Lipinski definition) is 2. The molecule has 0 radical (unpaired) electrons. The quantitative estimate of drug-likeness (QED) is 0.739. The molecule has 19 heavy (non-hydrogen) atoms. The highest BCUT2D eigenvalue weighted by Crippen LogP contribution is 2.36. The molecule has 1 heterocycles. The van der Waals surface area contributed by atoms with Crippen LogP contribution in [0, 0.1) is 5.82 Å². The Balaban J connectivity index is 2.50.